The van der Waals surface area contributed by atoms with Crippen LogP contribution >= 0.6 is 0 Å². The number of nitrogens with zero attached hydrogens (tertiary/aromatic N) is 2. The molecule has 6 nitrogen and oxygen atoms in total. The minimum atomic E-state index is -0.552. The first-order valence-corrected chi connectivity index (χ1v) is 8.58. The lowest BCUT2D eigenvalue weighted by Gasteiger charge is -2.15. The monoisotopic (exact) mass is 358 g/mol. The average molecular weight is 358 g/mol. The highest BCUT2D eigenvalue weighted by molar-refractivity contribution is 6.07. The van der Waals surface area contributed by atoms with Gasteiger partial charge in [0.25, 0.3) is 5.91 Å². The molecule has 0 saturated carbocycles. The van der Waals surface area contributed by atoms with Crippen LogP contribution < -0.4 is 11.5 Å². The number of rotatable bonds is 5. The van der Waals surface area contributed by atoms with Gasteiger partial charge in [-0.05, 0) is 29.8 Å². The van der Waals surface area contributed by atoms with Gasteiger partial charge in [-0.15, -0.1) is 0 Å². The molecule has 1 unspecified atom stereocenters. The van der Waals surface area contributed by atoms with Crippen molar-refractivity contribution in [3.8, 4) is 11.3 Å². The SMILES string of the molecule is NC(=O)c1cccc2c(-c3ccccc3C(N)Cc3ccccn3)noc12. The predicted octanol–water partition coefficient (Wildman–Crippen LogP) is 3.23. The summed E-state index contributed by atoms with van der Waals surface area (Å²) in [7, 11) is 0. The fourth-order valence-corrected chi connectivity index (χ4v) is 3.24. The van der Waals surface area contributed by atoms with E-state index in [1.807, 2.05) is 48.5 Å². The largest absolute Gasteiger partial charge is 0.365 e. The van der Waals surface area contributed by atoms with Crippen LogP contribution in [0.25, 0.3) is 22.2 Å². The topological polar surface area (TPSA) is 108 Å². The Hall–Kier alpha value is -3.51. The fraction of sp³-hybridized carbons (Fsp3) is 0.0952. The molecule has 27 heavy (non-hydrogen) atoms. The van der Waals surface area contributed by atoms with Crippen molar-refractivity contribution in [2.24, 2.45) is 11.5 Å². The maximum Gasteiger partial charge on any atom is 0.252 e. The summed E-state index contributed by atoms with van der Waals surface area (Å²) in [4.78, 5) is 16.0. The zero-order valence-electron chi connectivity index (χ0n) is 14.5. The van der Waals surface area contributed by atoms with Crippen LogP contribution in [0.15, 0.2) is 71.4 Å². The van der Waals surface area contributed by atoms with Gasteiger partial charge in [-0.3, -0.25) is 9.78 Å². The number of carbonyl (C=O) groups is 1. The second kappa shape index (κ2) is 7.01. The second-order valence-corrected chi connectivity index (χ2v) is 6.30. The van der Waals surface area contributed by atoms with Crippen LogP contribution in [-0.2, 0) is 6.42 Å². The number of fused-ring (bicyclic) bond motifs is 1. The molecule has 0 saturated heterocycles. The number of primary amides is 1. The Kier molecular flexibility index (Phi) is 4.40. The van der Waals surface area contributed by atoms with Crippen LogP contribution in [0, 0.1) is 0 Å². The van der Waals surface area contributed by atoms with E-state index in [0.717, 1.165) is 22.2 Å². The molecular weight excluding hydrogens is 340 g/mol. The molecule has 4 rings (SSSR count). The number of amides is 1. The Morgan fingerprint density at radius 3 is 2.63 bits per heavy atom. The summed E-state index contributed by atoms with van der Waals surface area (Å²) >= 11 is 0. The van der Waals surface area contributed by atoms with Crippen molar-refractivity contribution in [3.63, 3.8) is 0 Å². The van der Waals surface area contributed by atoms with E-state index in [1.54, 1.807) is 18.3 Å². The van der Waals surface area contributed by atoms with Crippen molar-refractivity contribution < 1.29 is 9.32 Å². The smallest absolute Gasteiger partial charge is 0.252 e. The molecule has 2 aromatic carbocycles. The fourth-order valence-electron chi connectivity index (χ4n) is 3.24. The maximum atomic E-state index is 11.6. The number of pyridine rings is 1. The van der Waals surface area contributed by atoms with Crippen LogP contribution in [0.2, 0.25) is 0 Å². The van der Waals surface area contributed by atoms with Gasteiger partial charge in [0.05, 0.1) is 10.9 Å². The van der Waals surface area contributed by atoms with E-state index in [1.165, 1.54) is 0 Å². The molecule has 134 valence electrons. The van der Waals surface area contributed by atoms with Crippen LogP contribution in [0.1, 0.15) is 27.7 Å². The molecule has 4 N–H and O–H groups in total. The number of aromatic nitrogens is 2. The maximum absolute atomic E-state index is 11.6. The van der Waals surface area contributed by atoms with Crippen LogP contribution in [0.3, 0.4) is 0 Å². The standard InChI is InChI=1S/C21H18N4O2/c22-18(12-13-6-3-4-11-24-13)14-7-1-2-8-15(14)19-16-9-5-10-17(21(23)26)20(16)27-25-19/h1-11,18H,12,22H2,(H2,23,26). The molecule has 2 aromatic heterocycles. The van der Waals surface area contributed by atoms with E-state index in [0.29, 0.717) is 23.3 Å². The Bertz CT molecular complexity index is 1110. The summed E-state index contributed by atoms with van der Waals surface area (Å²) in [5.74, 6) is -0.552. The molecule has 1 amide bonds. The highest BCUT2D eigenvalue weighted by atomic mass is 16.5. The first-order chi connectivity index (χ1) is 13.1. The quantitative estimate of drug-likeness (QED) is 0.569. The summed E-state index contributed by atoms with van der Waals surface area (Å²) < 4.78 is 5.44. The van der Waals surface area contributed by atoms with Crippen molar-refractivity contribution in [2.45, 2.75) is 12.5 Å². The lowest BCUT2D eigenvalue weighted by molar-refractivity contribution is 0.100. The highest BCUT2D eigenvalue weighted by Crippen LogP contribution is 2.34. The van der Waals surface area contributed by atoms with Gasteiger partial charge >= 0.3 is 0 Å². The first kappa shape index (κ1) is 16.9. The van der Waals surface area contributed by atoms with E-state index in [-0.39, 0.29) is 6.04 Å². The molecule has 2 heterocycles. The van der Waals surface area contributed by atoms with Crippen molar-refractivity contribution in [1.29, 1.82) is 0 Å². The molecule has 0 aliphatic carbocycles. The number of hydrogen-bond acceptors (Lipinski definition) is 5. The summed E-state index contributed by atoms with van der Waals surface area (Å²) in [5.41, 5.74) is 16.0. The number of carbonyl (C=O) groups excluding carboxylic acids is 1. The number of para-hydroxylation sites is 1. The van der Waals surface area contributed by atoms with E-state index < -0.39 is 5.91 Å². The molecule has 4 aromatic rings. The molecule has 0 aliphatic heterocycles. The van der Waals surface area contributed by atoms with Crippen LogP contribution in [-0.4, -0.2) is 16.0 Å². The summed E-state index contributed by atoms with van der Waals surface area (Å²) in [6, 6.07) is 18.5. The highest BCUT2D eigenvalue weighted by Gasteiger charge is 2.20. The Labute approximate surface area is 155 Å². The summed E-state index contributed by atoms with van der Waals surface area (Å²) in [6.45, 7) is 0. The Morgan fingerprint density at radius 2 is 1.85 bits per heavy atom. The van der Waals surface area contributed by atoms with Gasteiger partial charge in [-0.1, -0.05) is 41.6 Å². The molecule has 0 aliphatic rings. The minimum absolute atomic E-state index is 0.262. The Morgan fingerprint density at radius 1 is 1.04 bits per heavy atom. The second-order valence-electron chi connectivity index (χ2n) is 6.30. The van der Waals surface area contributed by atoms with Gasteiger partial charge in [0.1, 0.15) is 5.69 Å². The minimum Gasteiger partial charge on any atom is -0.365 e. The van der Waals surface area contributed by atoms with Crippen LogP contribution in [0.4, 0.5) is 0 Å². The molecular formula is C21H18N4O2. The first-order valence-electron chi connectivity index (χ1n) is 8.58. The van der Waals surface area contributed by atoms with Crippen molar-refractivity contribution in [1.82, 2.24) is 10.1 Å². The number of benzene rings is 2. The van der Waals surface area contributed by atoms with Gasteiger partial charge in [-0.25, -0.2) is 0 Å². The van der Waals surface area contributed by atoms with Crippen molar-refractivity contribution in [2.75, 3.05) is 0 Å². The molecule has 1 atom stereocenters. The molecule has 6 heteroatoms. The third kappa shape index (κ3) is 3.18. The van der Waals surface area contributed by atoms with Gasteiger partial charge in [-0.2, -0.15) is 0 Å². The van der Waals surface area contributed by atoms with Gasteiger partial charge in [0.15, 0.2) is 5.58 Å². The Balaban J connectivity index is 1.79. The number of hydrogen-bond donors (Lipinski definition) is 2. The van der Waals surface area contributed by atoms with Crippen molar-refractivity contribution in [3.05, 3.63) is 83.7 Å². The lowest BCUT2D eigenvalue weighted by atomic mass is 9.94. The van der Waals surface area contributed by atoms with Gasteiger partial charge in [0, 0.05) is 29.9 Å². The van der Waals surface area contributed by atoms with Crippen LogP contribution in [0.5, 0.6) is 0 Å². The molecule has 0 fully saturated rings. The van der Waals surface area contributed by atoms with E-state index in [9.17, 15) is 4.79 Å². The third-order valence-corrected chi connectivity index (χ3v) is 4.53. The van der Waals surface area contributed by atoms with E-state index in [2.05, 4.69) is 10.1 Å². The molecule has 0 spiro atoms. The van der Waals surface area contributed by atoms with Gasteiger partial charge in [0.2, 0.25) is 0 Å². The van der Waals surface area contributed by atoms with Crippen molar-refractivity contribution >= 4 is 16.9 Å². The van der Waals surface area contributed by atoms with E-state index in [4.69, 9.17) is 16.0 Å². The predicted molar refractivity (Wildman–Crippen MR) is 103 cm³/mol. The summed E-state index contributed by atoms with van der Waals surface area (Å²) in [6.07, 6.45) is 2.35. The zero-order chi connectivity index (χ0) is 18.8. The summed E-state index contributed by atoms with van der Waals surface area (Å²) in [5, 5.41) is 4.93. The normalized spacial score (nSPS) is 12.2. The van der Waals surface area contributed by atoms with E-state index >= 15 is 0 Å². The molecule has 0 radical (unpaired) electrons. The lowest BCUT2D eigenvalue weighted by Crippen LogP contribution is -2.15. The molecule has 0 bridgehead atoms. The van der Waals surface area contributed by atoms with Gasteiger partial charge < -0.3 is 16.0 Å². The zero-order valence-corrected chi connectivity index (χ0v) is 14.5. The third-order valence-electron chi connectivity index (χ3n) is 4.53. The average Bonchev–Trinajstić information content (AvgIpc) is 3.12. The number of nitrogens with two attached hydrogens (primary N) is 2.